The number of nitrogens with zero attached hydrogens (tertiary/aromatic N) is 2. The van der Waals surface area contributed by atoms with Gasteiger partial charge < -0.3 is 19.3 Å². The summed E-state index contributed by atoms with van der Waals surface area (Å²) in [4.78, 5) is 42.1. The summed E-state index contributed by atoms with van der Waals surface area (Å²) in [7, 11) is 0. The Hall–Kier alpha value is -2.57. The van der Waals surface area contributed by atoms with Crippen molar-refractivity contribution in [3.8, 4) is 5.75 Å². The predicted octanol–water partition coefficient (Wildman–Crippen LogP) is 4.11. The van der Waals surface area contributed by atoms with E-state index in [-0.39, 0.29) is 17.9 Å². The minimum absolute atomic E-state index is 0.0539. The van der Waals surface area contributed by atoms with E-state index in [1.807, 2.05) is 4.90 Å². The van der Waals surface area contributed by atoms with Crippen LogP contribution in [0.1, 0.15) is 62.2 Å². The molecule has 6 rings (SSSR count). The number of rotatable bonds is 4. The average molecular weight is 455 g/mol. The molecule has 178 valence electrons. The maximum absolute atomic E-state index is 13.7. The third-order valence-electron chi connectivity index (χ3n) is 8.13. The third-order valence-corrected chi connectivity index (χ3v) is 8.13. The highest BCUT2D eigenvalue weighted by Crippen LogP contribution is 2.60. The molecule has 0 aromatic heterocycles. The molecule has 0 spiro atoms. The number of hydrogen-bond acceptors (Lipinski definition) is 5. The van der Waals surface area contributed by atoms with E-state index >= 15 is 0 Å². The van der Waals surface area contributed by atoms with Gasteiger partial charge in [-0.2, -0.15) is 0 Å². The van der Waals surface area contributed by atoms with Crippen LogP contribution in [0.25, 0.3) is 0 Å². The first-order chi connectivity index (χ1) is 16.0. The van der Waals surface area contributed by atoms with Crippen LogP contribution in [-0.4, -0.2) is 60.6 Å². The fourth-order valence-electron chi connectivity index (χ4n) is 7.12. The minimum Gasteiger partial charge on any atom is -0.434 e. The average Bonchev–Trinajstić information content (AvgIpc) is 3.04. The van der Waals surface area contributed by atoms with Gasteiger partial charge in [-0.25, -0.2) is 4.79 Å². The molecule has 5 fully saturated rings. The summed E-state index contributed by atoms with van der Waals surface area (Å²) in [6.45, 7) is 4.49. The van der Waals surface area contributed by atoms with E-state index in [0.29, 0.717) is 36.9 Å². The molecule has 0 unspecified atom stereocenters. The van der Waals surface area contributed by atoms with Gasteiger partial charge in [-0.3, -0.25) is 9.59 Å². The Morgan fingerprint density at radius 3 is 2.06 bits per heavy atom. The smallest absolute Gasteiger partial charge is 0.434 e. The lowest BCUT2D eigenvalue weighted by Crippen LogP contribution is -2.55. The molecule has 1 heterocycles. The van der Waals surface area contributed by atoms with Gasteiger partial charge >= 0.3 is 6.16 Å². The quantitative estimate of drug-likeness (QED) is 0.505. The van der Waals surface area contributed by atoms with Gasteiger partial charge in [0.05, 0.1) is 12.0 Å². The van der Waals surface area contributed by atoms with Crippen molar-refractivity contribution in [2.24, 2.45) is 23.2 Å². The zero-order valence-electron chi connectivity index (χ0n) is 19.5. The molecule has 5 aliphatic rings. The monoisotopic (exact) mass is 454 g/mol. The van der Waals surface area contributed by atoms with Gasteiger partial charge in [-0.1, -0.05) is 0 Å². The van der Waals surface area contributed by atoms with Crippen molar-refractivity contribution < 1.29 is 23.9 Å². The normalized spacial score (nSPS) is 30.6. The number of benzene rings is 1. The number of hydrogen-bond donors (Lipinski definition) is 0. The molecule has 1 aliphatic heterocycles. The largest absolute Gasteiger partial charge is 0.513 e. The molecule has 4 bridgehead atoms. The van der Waals surface area contributed by atoms with Crippen molar-refractivity contribution in [1.82, 2.24) is 9.80 Å². The first-order valence-electron chi connectivity index (χ1n) is 12.5. The molecular formula is C26H34N2O5. The predicted molar refractivity (Wildman–Crippen MR) is 122 cm³/mol. The van der Waals surface area contributed by atoms with Gasteiger partial charge in [0, 0.05) is 31.7 Å². The Kier molecular flexibility index (Phi) is 6.06. The lowest BCUT2D eigenvalue weighted by molar-refractivity contribution is -0.157. The van der Waals surface area contributed by atoms with Gasteiger partial charge in [0.25, 0.3) is 5.91 Å². The van der Waals surface area contributed by atoms with E-state index in [1.165, 1.54) is 19.3 Å². The highest BCUT2D eigenvalue weighted by molar-refractivity contribution is 5.94. The molecule has 1 aromatic carbocycles. The molecule has 4 saturated carbocycles. The Balaban J connectivity index is 1.19. The summed E-state index contributed by atoms with van der Waals surface area (Å²) in [5, 5.41) is 0. The summed E-state index contributed by atoms with van der Waals surface area (Å²) in [6, 6.07) is 6.54. The molecule has 0 N–H and O–H groups in total. The van der Waals surface area contributed by atoms with Crippen molar-refractivity contribution in [2.75, 3.05) is 32.8 Å². The Morgan fingerprint density at radius 2 is 1.45 bits per heavy atom. The van der Waals surface area contributed by atoms with E-state index in [4.69, 9.17) is 9.47 Å². The van der Waals surface area contributed by atoms with Crippen LogP contribution in [0.2, 0.25) is 0 Å². The van der Waals surface area contributed by atoms with Crippen LogP contribution < -0.4 is 4.74 Å². The Morgan fingerprint density at radius 1 is 0.879 bits per heavy atom. The molecule has 1 aromatic rings. The van der Waals surface area contributed by atoms with E-state index in [1.54, 1.807) is 31.2 Å². The molecule has 0 radical (unpaired) electrons. The first kappa shape index (κ1) is 22.2. The minimum atomic E-state index is -0.757. The van der Waals surface area contributed by atoms with Crippen LogP contribution in [0.3, 0.4) is 0 Å². The van der Waals surface area contributed by atoms with Crippen LogP contribution in [0, 0.1) is 23.2 Å². The summed E-state index contributed by atoms with van der Waals surface area (Å²) in [6.07, 6.45) is 7.28. The second-order valence-electron chi connectivity index (χ2n) is 10.4. The van der Waals surface area contributed by atoms with Crippen molar-refractivity contribution in [1.29, 1.82) is 0 Å². The van der Waals surface area contributed by atoms with Gasteiger partial charge in [-0.05, 0) is 93.9 Å². The van der Waals surface area contributed by atoms with Crippen LogP contribution in [0.15, 0.2) is 24.3 Å². The summed E-state index contributed by atoms with van der Waals surface area (Å²) < 4.78 is 9.84. The molecule has 4 aliphatic carbocycles. The van der Waals surface area contributed by atoms with Crippen LogP contribution in [-0.2, 0) is 9.53 Å². The fourth-order valence-corrected chi connectivity index (χ4v) is 7.12. The number of carbonyl (C=O) groups excluding carboxylic acids is 3. The molecule has 0 atom stereocenters. The van der Waals surface area contributed by atoms with Crippen molar-refractivity contribution >= 4 is 18.0 Å². The van der Waals surface area contributed by atoms with Gasteiger partial charge in [0.1, 0.15) is 5.75 Å². The summed E-state index contributed by atoms with van der Waals surface area (Å²) in [5.41, 5.74) is 0.426. The highest BCUT2D eigenvalue weighted by atomic mass is 16.7. The lowest BCUT2D eigenvalue weighted by atomic mass is 9.49. The first-order valence-corrected chi connectivity index (χ1v) is 12.5. The van der Waals surface area contributed by atoms with E-state index in [2.05, 4.69) is 4.90 Å². The Bertz CT molecular complexity index is 876. The maximum atomic E-state index is 13.7. The van der Waals surface area contributed by atoms with Crippen molar-refractivity contribution in [3.05, 3.63) is 29.8 Å². The second-order valence-corrected chi connectivity index (χ2v) is 10.4. The van der Waals surface area contributed by atoms with Crippen LogP contribution in [0.4, 0.5) is 4.79 Å². The molecule has 7 heteroatoms. The van der Waals surface area contributed by atoms with E-state index in [9.17, 15) is 14.4 Å². The number of ether oxygens (including phenoxy) is 2. The van der Waals surface area contributed by atoms with E-state index in [0.717, 1.165) is 50.0 Å². The summed E-state index contributed by atoms with van der Waals surface area (Å²) >= 11 is 0. The van der Waals surface area contributed by atoms with Crippen LogP contribution >= 0.6 is 0 Å². The molecule has 2 amide bonds. The lowest BCUT2D eigenvalue weighted by Gasteiger charge is -2.56. The van der Waals surface area contributed by atoms with Gasteiger partial charge in [0.15, 0.2) is 0 Å². The molecular weight excluding hydrogens is 420 g/mol. The summed E-state index contributed by atoms with van der Waals surface area (Å²) in [5.74, 6) is 2.90. The number of carbonyl (C=O) groups is 3. The van der Waals surface area contributed by atoms with Gasteiger partial charge in [-0.15, -0.1) is 0 Å². The molecule has 1 saturated heterocycles. The zero-order valence-corrected chi connectivity index (χ0v) is 19.5. The van der Waals surface area contributed by atoms with Gasteiger partial charge in [0.2, 0.25) is 5.91 Å². The van der Waals surface area contributed by atoms with Crippen molar-refractivity contribution in [3.63, 3.8) is 0 Å². The standard InChI is InChI=1S/C26H34N2O5/c1-2-32-25(31)33-22-6-4-21(5-7-22)23(29)27-8-3-9-28(11-10-27)24(30)26-15-18-12-19(16-26)14-20(13-18)17-26/h4-7,18-20H,2-3,8-17H2,1H3. The topological polar surface area (TPSA) is 76.2 Å². The maximum Gasteiger partial charge on any atom is 0.513 e. The highest BCUT2D eigenvalue weighted by Gasteiger charge is 2.55. The molecule has 7 nitrogen and oxygen atoms in total. The zero-order chi connectivity index (χ0) is 23.0. The van der Waals surface area contributed by atoms with E-state index < -0.39 is 6.16 Å². The number of amides is 2. The fraction of sp³-hybridized carbons (Fsp3) is 0.654. The SMILES string of the molecule is CCOC(=O)Oc1ccc(C(=O)N2CCCN(C(=O)C34CC5CC(CC(C5)C3)C4)CC2)cc1. The van der Waals surface area contributed by atoms with Crippen molar-refractivity contribution in [2.45, 2.75) is 51.9 Å². The van der Waals surface area contributed by atoms with Crippen LogP contribution in [0.5, 0.6) is 5.75 Å². The second kappa shape index (κ2) is 8.99. The Labute approximate surface area is 195 Å². The third kappa shape index (κ3) is 4.46. The molecule has 33 heavy (non-hydrogen) atoms.